The molecule has 164 valence electrons. The van der Waals surface area contributed by atoms with E-state index < -0.39 is 6.09 Å². The Bertz CT molecular complexity index is 915. The van der Waals surface area contributed by atoms with Gasteiger partial charge < -0.3 is 15.8 Å². The maximum absolute atomic E-state index is 12.4. The summed E-state index contributed by atoms with van der Waals surface area (Å²) in [5.74, 6) is 0. The number of hydrogen-bond acceptors (Lipinski definition) is 5. The number of thiazole rings is 1. The molecular formula is C25H31N3O2S. The van der Waals surface area contributed by atoms with E-state index in [9.17, 15) is 4.79 Å². The summed E-state index contributed by atoms with van der Waals surface area (Å²) < 4.78 is 5.45. The average Bonchev–Trinajstić information content (AvgIpc) is 3.26. The largest absolute Gasteiger partial charge is 0.444 e. The van der Waals surface area contributed by atoms with E-state index in [0.717, 1.165) is 42.0 Å². The predicted octanol–water partition coefficient (Wildman–Crippen LogP) is 4.89. The van der Waals surface area contributed by atoms with E-state index in [1.54, 1.807) is 17.5 Å². The molecule has 0 aliphatic heterocycles. The number of carbonyl (C=O) groups is 1. The van der Waals surface area contributed by atoms with Crippen LogP contribution >= 0.6 is 11.3 Å². The van der Waals surface area contributed by atoms with Gasteiger partial charge in [0, 0.05) is 18.3 Å². The number of nitrogens with one attached hydrogen (secondary N) is 1. The molecule has 3 aromatic rings. The average molecular weight is 438 g/mol. The van der Waals surface area contributed by atoms with E-state index in [2.05, 4.69) is 41.5 Å². The number of benzene rings is 2. The highest BCUT2D eigenvalue weighted by Gasteiger charge is 2.16. The molecule has 2 atom stereocenters. The number of rotatable bonds is 11. The van der Waals surface area contributed by atoms with Crippen LogP contribution in [0, 0.1) is 0 Å². The summed E-state index contributed by atoms with van der Waals surface area (Å²) in [5, 5.41) is 4.09. The van der Waals surface area contributed by atoms with Crippen LogP contribution in [0.3, 0.4) is 0 Å². The second-order valence-corrected chi connectivity index (χ2v) is 8.91. The third kappa shape index (κ3) is 8.15. The minimum Gasteiger partial charge on any atom is -0.444 e. The third-order valence-electron chi connectivity index (χ3n) is 5.12. The van der Waals surface area contributed by atoms with Gasteiger partial charge in [-0.2, -0.15) is 0 Å². The molecule has 0 bridgehead atoms. The van der Waals surface area contributed by atoms with Crippen LogP contribution in [0.2, 0.25) is 0 Å². The number of alkyl carbamates (subject to hydrolysis) is 1. The van der Waals surface area contributed by atoms with Crippen molar-refractivity contribution < 1.29 is 9.53 Å². The SMILES string of the molecule is CCc1ncc(COC(=O)NC(CCC(N)Cc2ccccc2)Cc2ccccc2)s1. The summed E-state index contributed by atoms with van der Waals surface area (Å²) in [4.78, 5) is 17.7. The van der Waals surface area contributed by atoms with Crippen LogP contribution in [0.15, 0.2) is 66.9 Å². The van der Waals surface area contributed by atoms with Gasteiger partial charge in [0.25, 0.3) is 0 Å². The summed E-state index contributed by atoms with van der Waals surface area (Å²) in [6.45, 7) is 2.31. The van der Waals surface area contributed by atoms with Crippen LogP contribution in [0.25, 0.3) is 0 Å². The molecule has 0 aliphatic rings. The number of aromatic nitrogens is 1. The van der Waals surface area contributed by atoms with Crippen LogP contribution in [0.4, 0.5) is 4.79 Å². The van der Waals surface area contributed by atoms with Crippen LogP contribution in [-0.4, -0.2) is 23.2 Å². The Kier molecular flexibility index (Phi) is 9.06. The molecule has 2 aromatic carbocycles. The van der Waals surface area contributed by atoms with Crippen molar-refractivity contribution in [3.63, 3.8) is 0 Å². The second kappa shape index (κ2) is 12.2. The molecule has 0 fully saturated rings. The first-order valence-electron chi connectivity index (χ1n) is 10.8. The van der Waals surface area contributed by atoms with E-state index >= 15 is 0 Å². The molecule has 0 saturated heterocycles. The van der Waals surface area contributed by atoms with Gasteiger partial charge in [-0.25, -0.2) is 9.78 Å². The molecule has 31 heavy (non-hydrogen) atoms. The zero-order chi connectivity index (χ0) is 21.9. The lowest BCUT2D eigenvalue weighted by Gasteiger charge is -2.21. The van der Waals surface area contributed by atoms with E-state index in [1.807, 2.05) is 36.4 Å². The highest BCUT2D eigenvalue weighted by atomic mass is 32.1. The van der Waals surface area contributed by atoms with Crippen molar-refractivity contribution in [1.29, 1.82) is 0 Å². The summed E-state index contributed by atoms with van der Waals surface area (Å²) >= 11 is 1.58. The fraction of sp³-hybridized carbons (Fsp3) is 0.360. The molecular weight excluding hydrogens is 406 g/mol. The number of aryl methyl sites for hydroxylation is 1. The van der Waals surface area contributed by atoms with Gasteiger partial charge in [-0.05, 0) is 43.2 Å². The first-order chi connectivity index (χ1) is 15.1. The minimum atomic E-state index is -0.399. The van der Waals surface area contributed by atoms with E-state index in [0.29, 0.717) is 0 Å². The number of amides is 1. The van der Waals surface area contributed by atoms with Crippen LogP contribution in [0.1, 0.15) is 40.8 Å². The number of ether oxygens (including phenoxy) is 1. The Hall–Kier alpha value is -2.70. The number of nitrogens with two attached hydrogens (primary N) is 1. The van der Waals surface area contributed by atoms with Gasteiger partial charge in [0.05, 0.1) is 9.88 Å². The number of carbonyl (C=O) groups excluding carboxylic acids is 1. The lowest BCUT2D eigenvalue weighted by Crippen LogP contribution is -2.38. The van der Waals surface area contributed by atoms with Crippen molar-refractivity contribution in [1.82, 2.24) is 10.3 Å². The Morgan fingerprint density at radius 3 is 2.29 bits per heavy atom. The van der Waals surface area contributed by atoms with E-state index in [1.165, 1.54) is 11.1 Å². The Balaban J connectivity index is 1.53. The highest BCUT2D eigenvalue weighted by Crippen LogP contribution is 2.15. The van der Waals surface area contributed by atoms with Gasteiger partial charge in [-0.1, -0.05) is 67.6 Å². The third-order valence-corrected chi connectivity index (χ3v) is 6.24. The highest BCUT2D eigenvalue weighted by molar-refractivity contribution is 7.11. The Morgan fingerprint density at radius 2 is 1.68 bits per heavy atom. The summed E-state index contributed by atoms with van der Waals surface area (Å²) in [7, 11) is 0. The fourth-order valence-corrected chi connectivity index (χ4v) is 4.26. The first-order valence-corrected chi connectivity index (χ1v) is 11.6. The molecule has 1 heterocycles. The normalized spacial score (nSPS) is 12.8. The van der Waals surface area contributed by atoms with Crippen molar-refractivity contribution in [3.8, 4) is 0 Å². The molecule has 5 nitrogen and oxygen atoms in total. The first kappa shape index (κ1) is 23.0. The molecule has 2 unspecified atom stereocenters. The summed E-state index contributed by atoms with van der Waals surface area (Å²) in [5.41, 5.74) is 8.79. The molecule has 0 saturated carbocycles. The minimum absolute atomic E-state index is 0.0376. The molecule has 3 N–H and O–H groups in total. The van der Waals surface area contributed by atoms with Gasteiger partial charge in [-0.3, -0.25) is 0 Å². The van der Waals surface area contributed by atoms with Crippen LogP contribution in [-0.2, 0) is 30.6 Å². The maximum atomic E-state index is 12.4. The van der Waals surface area contributed by atoms with Crippen molar-refractivity contribution in [2.75, 3.05) is 0 Å². The molecule has 3 rings (SSSR count). The number of nitrogens with zero attached hydrogens (tertiary/aromatic N) is 1. The van der Waals surface area contributed by atoms with Crippen LogP contribution in [0.5, 0.6) is 0 Å². The van der Waals surface area contributed by atoms with Gasteiger partial charge in [0.1, 0.15) is 6.61 Å². The van der Waals surface area contributed by atoms with Crippen LogP contribution < -0.4 is 11.1 Å². The molecule has 1 amide bonds. The molecule has 0 spiro atoms. The monoisotopic (exact) mass is 437 g/mol. The van der Waals surface area contributed by atoms with Crippen molar-refractivity contribution in [3.05, 3.63) is 87.9 Å². The summed E-state index contributed by atoms with van der Waals surface area (Å²) in [6, 6.07) is 20.5. The van der Waals surface area contributed by atoms with Gasteiger partial charge >= 0.3 is 6.09 Å². The lowest BCUT2D eigenvalue weighted by atomic mass is 9.96. The van der Waals surface area contributed by atoms with Gasteiger partial charge in [-0.15, -0.1) is 11.3 Å². The topological polar surface area (TPSA) is 77.2 Å². The standard InChI is InChI=1S/C25H31N3O2S/c1-2-24-27-17-23(31-24)18-30-25(29)28-22(16-20-11-7-4-8-12-20)14-13-21(26)15-19-9-5-3-6-10-19/h3-12,17,21-22H,2,13-16,18,26H2,1H3,(H,28,29). The van der Waals surface area contributed by atoms with Gasteiger partial charge in [0.15, 0.2) is 0 Å². The number of hydrogen-bond donors (Lipinski definition) is 2. The van der Waals surface area contributed by atoms with Crippen molar-refractivity contribution >= 4 is 17.4 Å². The Labute approximate surface area is 188 Å². The summed E-state index contributed by atoms with van der Waals surface area (Å²) in [6.07, 6.45) is 5.45. The molecule has 0 aliphatic carbocycles. The van der Waals surface area contributed by atoms with Crippen molar-refractivity contribution in [2.24, 2.45) is 5.73 Å². The zero-order valence-electron chi connectivity index (χ0n) is 18.0. The quantitative estimate of drug-likeness (QED) is 0.448. The predicted molar refractivity (Wildman–Crippen MR) is 126 cm³/mol. The van der Waals surface area contributed by atoms with Gasteiger partial charge in [0.2, 0.25) is 0 Å². The van der Waals surface area contributed by atoms with E-state index in [4.69, 9.17) is 10.5 Å². The second-order valence-electron chi connectivity index (χ2n) is 7.71. The zero-order valence-corrected chi connectivity index (χ0v) is 18.8. The van der Waals surface area contributed by atoms with E-state index in [-0.39, 0.29) is 18.7 Å². The molecule has 0 radical (unpaired) electrons. The molecule has 1 aromatic heterocycles. The smallest absolute Gasteiger partial charge is 0.407 e. The lowest BCUT2D eigenvalue weighted by molar-refractivity contribution is 0.135. The van der Waals surface area contributed by atoms with Crippen molar-refractivity contribution in [2.45, 2.75) is 57.7 Å². The fourth-order valence-electron chi connectivity index (χ4n) is 3.48. The Morgan fingerprint density at radius 1 is 1.03 bits per heavy atom. The molecule has 6 heteroatoms. The maximum Gasteiger partial charge on any atom is 0.407 e.